The Morgan fingerprint density at radius 1 is 0.788 bits per heavy atom. The van der Waals surface area contributed by atoms with E-state index >= 15 is 0 Å². The fourth-order valence-corrected chi connectivity index (χ4v) is 3.57. The van der Waals surface area contributed by atoms with Gasteiger partial charge in [-0.25, -0.2) is 5.01 Å². The predicted molar refractivity (Wildman–Crippen MR) is 126 cm³/mol. The zero-order chi connectivity index (χ0) is 23.4. The Morgan fingerprint density at radius 3 is 1.82 bits per heavy atom. The number of furan rings is 1. The number of benzene rings is 3. The molecule has 0 atom stereocenters. The summed E-state index contributed by atoms with van der Waals surface area (Å²) in [5, 5.41) is 13.7. The van der Waals surface area contributed by atoms with Crippen LogP contribution in [0.4, 0.5) is 5.69 Å². The van der Waals surface area contributed by atoms with Crippen LogP contribution >= 0.6 is 23.2 Å². The first-order valence-electron chi connectivity index (χ1n) is 9.88. The monoisotopic (exact) mass is 480 g/mol. The number of aliphatic hydroxyl groups is 1. The molecule has 0 radical (unpaired) electrons. The van der Waals surface area contributed by atoms with Gasteiger partial charge in [-0.1, -0.05) is 65.7 Å². The van der Waals surface area contributed by atoms with Crippen molar-refractivity contribution < 1.29 is 19.1 Å². The third kappa shape index (κ3) is 4.64. The maximum atomic E-state index is 13.6. The molecule has 1 aromatic heterocycles. The van der Waals surface area contributed by atoms with Crippen LogP contribution in [0.2, 0.25) is 10.0 Å². The standard InChI is InChI=1S/C25H18Cl2N2O4/c26-19-12-8-17(9-13-19)25(32,18-10-14-20(27)15-11-18)24(31)28-29(21-5-2-1-3-6-21)23(30)22-7-4-16-33-22/h1-16,32H,(H,28,31). The van der Waals surface area contributed by atoms with Crippen molar-refractivity contribution in [3.8, 4) is 0 Å². The first-order chi connectivity index (χ1) is 15.9. The van der Waals surface area contributed by atoms with Gasteiger partial charge in [-0.15, -0.1) is 0 Å². The zero-order valence-corrected chi connectivity index (χ0v) is 18.6. The highest BCUT2D eigenvalue weighted by molar-refractivity contribution is 6.30. The summed E-state index contributed by atoms with van der Waals surface area (Å²) in [6.45, 7) is 0. The van der Waals surface area contributed by atoms with Crippen molar-refractivity contribution in [2.45, 2.75) is 5.60 Å². The van der Waals surface area contributed by atoms with Crippen LogP contribution in [0.1, 0.15) is 21.7 Å². The summed E-state index contributed by atoms with van der Waals surface area (Å²) < 4.78 is 5.23. The fraction of sp³-hybridized carbons (Fsp3) is 0.0400. The lowest BCUT2D eigenvalue weighted by Gasteiger charge is -2.31. The van der Waals surface area contributed by atoms with Gasteiger partial charge in [-0.3, -0.25) is 15.0 Å². The SMILES string of the molecule is O=C(c1ccco1)N(NC(=O)C(O)(c1ccc(Cl)cc1)c1ccc(Cl)cc1)c1ccccc1. The normalized spacial score (nSPS) is 11.1. The Morgan fingerprint density at radius 2 is 1.33 bits per heavy atom. The largest absolute Gasteiger partial charge is 0.459 e. The highest BCUT2D eigenvalue weighted by Crippen LogP contribution is 2.32. The second-order valence-corrected chi connectivity index (χ2v) is 7.99. The topological polar surface area (TPSA) is 82.8 Å². The molecular weight excluding hydrogens is 463 g/mol. The maximum absolute atomic E-state index is 13.6. The molecular formula is C25H18Cl2N2O4. The van der Waals surface area contributed by atoms with Gasteiger partial charge in [-0.2, -0.15) is 0 Å². The molecule has 33 heavy (non-hydrogen) atoms. The van der Waals surface area contributed by atoms with E-state index in [0.29, 0.717) is 15.7 Å². The van der Waals surface area contributed by atoms with E-state index in [1.54, 1.807) is 60.7 Å². The molecule has 0 fully saturated rings. The van der Waals surface area contributed by atoms with Gasteiger partial charge in [0.05, 0.1) is 12.0 Å². The minimum absolute atomic E-state index is 0.0145. The molecule has 6 nitrogen and oxygen atoms in total. The van der Waals surface area contributed by atoms with Gasteiger partial charge in [0, 0.05) is 10.0 Å². The molecule has 2 amide bonds. The first-order valence-corrected chi connectivity index (χ1v) is 10.6. The average Bonchev–Trinajstić information content (AvgIpc) is 3.38. The molecule has 0 saturated heterocycles. The third-order valence-corrected chi connectivity index (χ3v) is 5.52. The van der Waals surface area contributed by atoms with Gasteiger partial charge in [0.1, 0.15) is 0 Å². The van der Waals surface area contributed by atoms with Gasteiger partial charge < -0.3 is 9.52 Å². The van der Waals surface area contributed by atoms with E-state index in [9.17, 15) is 14.7 Å². The summed E-state index contributed by atoms with van der Waals surface area (Å²) in [6, 6.07) is 24.0. The number of carbonyl (C=O) groups is 2. The summed E-state index contributed by atoms with van der Waals surface area (Å²) in [5.74, 6) is -1.47. The van der Waals surface area contributed by atoms with Gasteiger partial charge in [0.15, 0.2) is 11.4 Å². The van der Waals surface area contributed by atoms with Crippen molar-refractivity contribution in [2.75, 3.05) is 5.01 Å². The van der Waals surface area contributed by atoms with Gasteiger partial charge in [0.2, 0.25) is 0 Å². The molecule has 0 aliphatic rings. The van der Waals surface area contributed by atoms with Gasteiger partial charge in [0.25, 0.3) is 5.91 Å². The van der Waals surface area contributed by atoms with Crippen molar-refractivity contribution in [3.63, 3.8) is 0 Å². The van der Waals surface area contributed by atoms with Gasteiger partial charge in [-0.05, 0) is 59.7 Å². The number of amides is 2. The molecule has 0 aliphatic carbocycles. The number of nitrogens with one attached hydrogen (secondary N) is 1. The second kappa shape index (κ2) is 9.50. The van der Waals surface area contributed by atoms with Gasteiger partial charge >= 0.3 is 5.91 Å². The van der Waals surface area contributed by atoms with Crippen LogP contribution in [0, 0.1) is 0 Å². The second-order valence-electron chi connectivity index (χ2n) is 7.12. The maximum Gasteiger partial charge on any atom is 0.312 e. The van der Waals surface area contributed by atoms with Crippen molar-refractivity contribution in [2.24, 2.45) is 0 Å². The highest BCUT2D eigenvalue weighted by atomic mass is 35.5. The van der Waals surface area contributed by atoms with E-state index in [1.165, 1.54) is 36.6 Å². The fourth-order valence-electron chi connectivity index (χ4n) is 3.31. The van der Waals surface area contributed by atoms with E-state index in [1.807, 2.05) is 0 Å². The average molecular weight is 481 g/mol. The van der Waals surface area contributed by atoms with Crippen LogP contribution in [0.25, 0.3) is 0 Å². The zero-order valence-electron chi connectivity index (χ0n) is 17.1. The molecule has 4 rings (SSSR count). The Kier molecular flexibility index (Phi) is 6.51. The van der Waals surface area contributed by atoms with E-state index in [4.69, 9.17) is 27.6 Å². The molecule has 0 spiro atoms. The molecule has 3 aromatic carbocycles. The minimum Gasteiger partial charge on any atom is -0.459 e. The number of hydrogen-bond acceptors (Lipinski definition) is 4. The summed E-state index contributed by atoms with van der Waals surface area (Å²) in [7, 11) is 0. The third-order valence-electron chi connectivity index (χ3n) is 5.02. The molecule has 0 aliphatic heterocycles. The first kappa shape index (κ1) is 22.6. The smallest absolute Gasteiger partial charge is 0.312 e. The molecule has 2 N–H and O–H groups in total. The molecule has 8 heteroatoms. The number of para-hydroxylation sites is 1. The number of halogens is 2. The molecule has 166 valence electrons. The van der Waals surface area contributed by atoms with Crippen LogP contribution in [-0.4, -0.2) is 16.9 Å². The van der Waals surface area contributed by atoms with Crippen molar-refractivity contribution in [1.82, 2.24) is 5.43 Å². The molecule has 0 unspecified atom stereocenters. The number of nitrogens with zero attached hydrogens (tertiary/aromatic N) is 1. The number of hydrazine groups is 1. The lowest BCUT2D eigenvalue weighted by Crippen LogP contribution is -2.54. The van der Waals surface area contributed by atoms with Crippen molar-refractivity contribution in [3.05, 3.63) is 124 Å². The molecule has 0 bridgehead atoms. The number of rotatable bonds is 5. The van der Waals surface area contributed by atoms with Crippen LogP contribution in [0.3, 0.4) is 0 Å². The highest BCUT2D eigenvalue weighted by Gasteiger charge is 2.42. The Bertz CT molecular complexity index is 1200. The Labute approximate surface area is 199 Å². The minimum atomic E-state index is -2.16. The van der Waals surface area contributed by atoms with E-state index in [-0.39, 0.29) is 16.9 Å². The van der Waals surface area contributed by atoms with Crippen LogP contribution in [-0.2, 0) is 10.4 Å². The number of hydrogen-bond donors (Lipinski definition) is 2. The van der Waals surface area contributed by atoms with Crippen LogP contribution in [0.5, 0.6) is 0 Å². The van der Waals surface area contributed by atoms with E-state index in [0.717, 1.165) is 5.01 Å². The molecule has 4 aromatic rings. The van der Waals surface area contributed by atoms with Crippen molar-refractivity contribution >= 4 is 40.7 Å². The van der Waals surface area contributed by atoms with Crippen molar-refractivity contribution in [1.29, 1.82) is 0 Å². The summed E-state index contributed by atoms with van der Waals surface area (Å²) in [5.41, 5.74) is 1.28. The summed E-state index contributed by atoms with van der Waals surface area (Å²) in [6.07, 6.45) is 1.36. The summed E-state index contributed by atoms with van der Waals surface area (Å²) in [4.78, 5) is 26.8. The van der Waals surface area contributed by atoms with E-state index < -0.39 is 17.4 Å². The lowest BCUT2D eigenvalue weighted by atomic mass is 9.85. The Balaban J connectivity index is 1.78. The summed E-state index contributed by atoms with van der Waals surface area (Å²) >= 11 is 12.0. The quantitative estimate of drug-likeness (QED) is 0.384. The lowest BCUT2D eigenvalue weighted by molar-refractivity contribution is -0.136. The Hall–Kier alpha value is -3.58. The van der Waals surface area contributed by atoms with Crippen LogP contribution in [0.15, 0.2) is 102 Å². The predicted octanol–water partition coefficient (Wildman–Crippen LogP) is 5.20. The van der Waals surface area contributed by atoms with Crippen LogP contribution < -0.4 is 10.4 Å². The number of anilines is 1. The number of carbonyl (C=O) groups excluding carboxylic acids is 2. The molecule has 0 saturated carbocycles. The molecule has 1 heterocycles. The van der Waals surface area contributed by atoms with E-state index in [2.05, 4.69) is 5.43 Å².